The van der Waals surface area contributed by atoms with Crippen LogP contribution in [0.3, 0.4) is 0 Å². The number of anilines is 2. The van der Waals surface area contributed by atoms with Gasteiger partial charge in [0.05, 0.1) is 17.4 Å². The van der Waals surface area contributed by atoms with E-state index in [9.17, 15) is 14.4 Å². The number of benzene rings is 2. The molecule has 2 N–H and O–H groups in total. The minimum Gasteiger partial charge on any atom is -0.376 e. The summed E-state index contributed by atoms with van der Waals surface area (Å²) in [4.78, 5) is 39.2. The standard InChI is InChI=1S/C23H25N3O4/c27-21-11-4-12-26(21)17-7-3-6-16(14-17)22(28)25-20-10-2-1-9-19(20)23(29)24-15-18-8-5-13-30-18/h1-3,6-7,9-10,14,18H,4-5,8,11-13,15H2,(H,24,29)(H,25,28)/t18-/m1/s1. The number of carbonyl (C=O) groups excluding carboxylic acids is 3. The average Bonchev–Trinajstić information content (AvgIpc) is 3.44. The van der Waals surface area contributed by atoms with Crippen LogP contribution >= 0.6 is 0 Å². The molecule has 3 amide bonds. The molecule has 0 radical (unpaired) electrons. The Bertz CT molecular complexity index is 953. The molecule has 0 bridgehead atoms. The summed E-state index contributed by atoms with van der Waals surface area (Å²) < 4.78 is 5.54. The lowest BCUT2D eigenvalue weighted by atomic mass is 10.1. The Morgan fingerprint density at radius 3 is 2.70 bits per heavy atom. The number of para-hydroxylation sites is 1. The second-order valence-electron chi connectivity index (χ2n) is 7.54. The van der Waals surface area contributed by atoms with Crippen LogP contribution in [0.2, 0.25) is 0 Å². The second-order valence-corrected chi connectivity index (χ2v) is 7.54. The largest absolute Gasteiger partial charge is 0.376 e. The maximum absolute atomic E-state index is 12.8. The van der Waals surface area contributed by atoms with Crippen molar-refractivity contribution < 1.29 is 19.1 Å². The van der Waals surface area contributed by atoms with Gasteiger partial charge in [0.2, 0.25) is 5.91 Å². The lowest BCUT2D eigenvalue weighted by molar-refractivity contribution is -0.117. The Kier molecular flexibility index (Phi) is 6.09. The predicted molar refractivity (Wildman–Crippen MR) is 114 cm³/mol. The molecule has 2 aromatic rings. The molecule has 0 aliphatic carbocycles. The maximum Gasteiger partial charge on any atom is 0.255 e. The van der Waals surface area contributed by atoms with Crippen molar-refractivity contribution >= 4 is 29.1 Å². The molecule has 2 heterocycles. The van der Waals surface area contributed by atoms with E-state index in [1.165, 1.54) is 0 Å². The van der Waals surface area contributed by atoms with E-state index in [4.69, 9.17) is 4.74 Å². The van der Waals surface area contributed by atoms with E-state index in [2.05, 4.69) is 10.6 Å². The molecule has 0 saturated carbocycles. The van der Waals surface area contributed by atoms with Crippen molar-refractivity contribution in [2.24, 2.45) is 0 Å². The number of carbonyl (C=O) groups is 3. The summed E-state index contributed by atoms with van der Waals surface area (Å²) in [5.74, 6) is -0.512. The smallest absolute Gasteiger partial charge is 0.255 e. The van der Waals surface area contributed by atoms with Crippen molar-refractivity contribution in [3.8, 4) is 0 Å². The average molecular weight is 407 g/mol. The summed E-state index contributed by atoms with van der Waals surface area (Å²) in [5, 5.41) is 5.72. The van der Waals surface area contributed by atoms with Gasteiger partial charge in [0.15, 0.2) is 0 Å². The topological polar surface area (TPSA) is 87.7 Å². The highest BCUT2D eigenvalue weighted by atomic mass is 16.5. The van der Waals surface area contributed by atoms with Crippen molar-refractivity contribution in [2.75, 3.05) is 29.9 Å². The van der Waals surface area contributed by atoms with Gasteiger partial charge in [-0.15, -0.1) is 0 Å². The SMILES string of the molecule is O=C(Nc1ccccc1C(=O)NC[C@H]1CCCO1)c1cccc(N2CCCC2=O)c1. The first kappa shape index (κ1) is 20.1. The predicted octanol–water partition coefficient (Wildman–Crippen LogP) is 2.97. The second kappa shape index (κ2) is 9.09. The third-order valence-electron chi connectivity index (χ3n) is 5.43. The monoisotopic (exact) mass is 407 g/mol. The summed E-state index contributed by atoms with van der Waals surface area (Å²) in [6.45, 7) is 1.85. The Hall–Kier alpha value is -3.19. The molecule has 7 heteroatoms. The van der Waals surface area contributed by atoms with Crippen molar-refractivity contribution in [1.29, 1.82) is 0 Å². The molecule has 30 heavy (non-hydrogen) atoms. The van der Waals surface area contributed by atoms with Crippen LogP contribution in [0.4, 0.5) is 11.4 Å². The number of nitrogens with zero attached hydrogens (tertiary/aromatic N) is 1. The molecule has 0 aromatic heterocycles. The van der Waals surface area contributed by atoms with Gasteiger partial charge >= 0.3 is 0 Å². The fourth-order valence-electron chi connectivity index (χ4n) is 3.83. The van der Waals surface area contributed by atoms with Crippen LogP contribution in [0.5, 0.6) is 0 Å². The number of nitrogens with one attached hydrogen (secondary N) is 2. The molecule has 0 unspecified atom stereocenters. The lowest BCUT2D eigenvalue weighted by Gasteiger charge is -2.17. The van der Waals surface area contributed by atoms with Crippen molar-refractivity contribution in [3.63, 3.8) is 0 Å². The molecule has 2 aliphatic heterocycles. The quantitative estimate of drug-likeness (QED) is 0.771. The maximum atomic E-state index is 12.8. The fourth-order valence-corrected chi connectivity index (χ4v) is 3.83. The minimum atomic E-state index is -0.331. The van der Waals surface area contributed by atoms with Crippen molar-refractivity contribution in [2.45, 2.75) is 31.8 Å². The highest BCUT2D eigenvalue weighted by molar-refractivity contribution is 6.09. The Morgan fingerprint density at radius 1 is 1.07 bits per heavy atom. The summed E-state index contributed by atoms with van der Waals surface area (Å²) in [6.07, 6.45) is 3.35. The van der Waals surface area contributed by atoms with E-state index in [1.807, 2.05) is 6.07 Å². The number of ether oxygens (including phenoxy) is 1. The molecule has 156 valence electrons. The third-order valence-corrected chi connectivity index (χ3v) is 5.43. The molecule has 2 aromatic carbocycles. The van der Waals surface area contributed by atoms with E-state index >= 15 is 0 Å². The van der Waals surface area contributed by atoms with E-state index in [0.717, 1.165) is 25.9 Å². The zero-order valence-corrected chi connectivity index (χ0v) is 16.7. The first-order chi connectivity index (χ1) is 14.6. The molecule has 2 aliphatic rings. The van der Waals surface area contributed by atoms with Gasteiger partial charge in [-0.1, -0.05) is 18.2 Å². The number of hydrogen-bond acceptors (Lipinski definition) is 4. The summed E-state index contributed by atoms with van der Waals surface area (Å²) in [7, 11) is 0. The van der Waals surface area contributed by atoms with Crippen LogP contribution < -0.4 is 15.5 Å². The van der Waals surface area contributed by atoms with Crippen LogP contribution in [-0.2, 0) is 9.53 Å². The van der Waals surface area contributed by atoms with Gasteiger partial charge in [-0.05, 0) is 49.6 Å². The van der Waals surface area contributed by atoms with Gasteiger partial charge in [0.1, 0.15) is 0 Å². The molecule has 4 rings (SSSR count). The van der Waals surface area contributed by atoms with Gasteiger partial charge in [-0.2, -0.15) is 0 Å². The van der Waals surface area contributed by atoms with E-state index in [-0.39, 0.29) is 23.8 Å². The molecule has 1 atom stereocenters. The fraction of sp³-hybridized carbons (Fsp3) is 0.348. The highest BCUT2D eigenvalue weighted by Crippen LogP contribution is 2.23. The first-order valence-corrected chi connectivity index (χ1v) is 10.3. The molecule has 2 saturated heterocycles. The molecule has 2 fully saturated rings. The van der Waals surface area contributed by atoms with E-state index in [0.29, 0.717) is 42.0 Å². The first-order valence-electron chi connectivity index (χ1n) is 10.3. The zero-order chi connectivity index (χ0) is 20.9. The van der Waals surface area contributed by atoms with Gasteiger partial charge in [-0.25, -0.2) is 0 Å². The number of rotatable bonds is 6. The lowest BCUT2D eigenvalue weighted by Crippen LogP contribution is -2.32. The van der Waals surface area contributed by atoms with E-state index in [1.54, 1.807) is 47.4 Å². The number of amides is 3. The minimum absolute atomic E-state index is 0.0479. The summed E-state index contributed by atoms with van der Waals surface area (Å²) >= 11 is 0. The van der Waals surface area contributed by atoms with Gasteiger partial charge in [-0.3, -0.25) is 14.4 Å². The Balaban J connectivity index is 1.46. The Labute approximate surface area is 175 Å². The molecule has 0 spiro atoms. The molecular weight excluding hydrogens is 382 g/mol. The van der Waals surface area contributed by atoms with Crippen LogP contribution in [0, 0.1) is 0 Å². The van der Waals surface area contributed by atoms with Crippen molar-refractivity contribution in [3.05, 3.63) is 59.7 Å². The van der Waals surface area contributed by atoms with Gasteiger partial charge in [0.25, 0.3) is 11.8 Å². The van der Waals surface area contributed by atoms with Gasteiger partial charge in [0, 0.05) is 37.4 Å². The number of hydrogen-bond donors (Lipinski definition) is 2. The summed E-state index contributed by atoms with van der Waals surface area (Å²) in [6, 6.07) is 13.9. The van der Waals surface area contributed by atoms with Gasteiger partial charge < -0.3 is 20.3 Å². The van der Waals surface area contributed by atoms with Crippen LogP contribution in [0.1, 0.15) is 46.4 Å². The van der Waals surface area contributed by atoms with Crippen LogP contribution in [0.15, 0.2) is 48.5 Å². The van der Waals surface area contributed by atoms with E-state index < -0.39 is 0 Å². The van der Waals surface area contributed by atoms with Crippen LogP contribution in [-0.4, -0.2) is 43.5 Å². The Morgan fingerprint density at radius 2 is 1.93 bits per heavy atom. The van der Waals surface area contributed by atoms with Crippen molar-refractivity contribution in [1.82, 2.24) is 5.32 Å². The summed E-state index contributed by atoms with van der Waals surface area (Å²) in [5.41, 5.74) is 1.99. The normalized spacial score (nSPS) is 18.5. The van der Waals surface area contributed by atoms with Crippen LogP contribution in [0.25, 0.3) is 0 Å². The molecule has 7 nitrogen and oxygen atoms in total. The highest BCUT2D eigenvalue weighted by Gasteiger charge is 2.23. The molecular formula is C23H25N3O4. The zero-order valence-electron chi connectivity index (χ0n) is 16.7. The third kappa shape index (κ3) is 4.52.